The Kier molecular flexibility index (Phi) is 2.23. The van der Waals surface area contributed by atoms with E-state index in [1.165, 1.54) is 0 Å². The topological polar surface area (TPSA) is 45.2 Å². The summed E-state index contributed by atoms with van der Waals surface area (Å²) in [4.78, 5) is 3.92. The lowest BCUT2D eigenvalue weighted by molar-refractivity contribution is 0.277. The first-order valence-electron chi connectivity index (χ1n) is 3.10. The lowest BCUT2D eigenvalue weighted by Gasteiger charge is -1.99. The second kappa shape index (κ2) is 3.17. The first-order chi connectivity index (χ1) is 4.86. The molecule has 0 aliphatic carbocycles. The van der Waals surface area contributed by atoms with Gasteiger partial charge < -0.3 is 10.4 Å². The van der Waals surface area contributed by atoms with Crippen molar-refractivity contribution in [3.63, 3.8) is 0 Å². The van der Waals surface area contributed by atoms with Crippen molar-refractivity contribution in [1.82, 2.24) is 4.98 Å². The summed E-state index contributed by atoms with van der Waals surface area (Å²) in [6.45, 7) is -0.00444. The van der Waals surface area contributed by atoms with Crippen LogP contribution >= 0.6 is 0 Å². The van der Waals surface area contributed by atoms with Crippen LogP contribution < -0.4 is 5.32 Å². The van der Waals surface area contributed by atoms with Crippen LogP contribution in [0.3, 0.4) is 0 Å². The maximum Gasteiger partial charge on any atom is 0.0853 e. The van der Waals surface area contributed by atoms with E-state index in [2.05, 4.69) is 10.3 Å². The minimum absolute atomic E-state index is 0.00444. The highest BCUT2D eigenvalue weighted by molar-refractivity contribution is 5.42. The van der Waals surface area contributed by atoms with Crippen molar-refractivity contribution < 1.29 is 5.11 Å². The predicted octanol–water partition coefficient (Wildman–Crippen LogP) is 0.616. The van der Waals surface area contributed by atoms with Gasteiger partial charge in [-0.25, -0.2) is 0 Å². The highest BCUT2D eigenvalue weighted by Gasteiger charge is 1.91. The molecule has 10 heavy (non-hydrogen) atoms. The zero-order chi connectivity index (χ0) is 7.40. The molecule has 3 heteroatoms. The van der Waals surface area contributed by atoms with Gasteiger partial charge in [0, 0.05) is 18.9 Å². The van der Waals surface area contributed by atoms with E-state index in [0.29, 0.717) is 5.69 Å². The highest BCUT2D eigenvalue weighted by atomic mass is 16.3. The van der Waals surface area contributed by atoms with Gasteiger partial charge >= 0.3 is 0 Å². The Morgan fingerprint density at radius 1 is 1.70 bits per heavy atom. The summed E-state index contributed by atoms with van der Waals surface area (Å²) in [5.74, 6) is 0. The Morgan fingerprint density at radius 2 is 2.50 bits per heavy atom. The number of aliphatic hydroxyl groups excluding tert-OH is 1. The van der Waals surface area contributed by atoms with Gasteiger partial charge in [0.25, 0.3) is 0 Å². The Morgan fingerprint density at radius 3 is 3.10 bits per heavy atom. The molecule has 2 N–H and O–H groups in total. The summed E-state index contributed by atoms with van der Waals surface area (Å²) in [5, 5.41) is 11.6. The van der Waals surface area contributed by atoms with E-state index in [1.807, 2.05) is 13.1 Å². The van der Waals surface area contributed by atoms with Gasteiger partial charge in [0.1, 0.15) is 0 Å². The van der Waals surface area contributed by atoms with Crippen molar-refractivity contribution in [3.05, 3.63) is 24.0 Å². The van der Waals surface area contributed by atoms with Gasteiger partial charge in [0.2, 0.25) is 0 Å². The second-order valence-corrected chi connectivity index (χ2v) is 1.94. The first-order valence-corrected chi connectivity index (χ1v) is 3.10. The standard InChI is InChI=1S/C7H10N2O/c1-8-6-2-3-9-7(4-6)5-10/h2-4,10H,5H2,1H3,(H,8,9). The molecule has 1 aromatic heterocycles. The minimum atomic E-state index is -0.00444. The van der Waals surface area contributed by atoms with Crippen LogP contribution in [-0.2, 0) is 6.61 Å². The van der Waals surface area contributed by atoms with Gasteiger partial charge in [-0.3, -0.25) is 4.98 Å². The molecule has 0 atom stereocenters. The summed E-state index contributed by atoms with van der Waals surface area (Å²) in [6, 6.07) is 3.65. The van der Waals surface area contributed by atoms with Crippen molar-refractivity contribution in [2.75, 3.05) is 12.4 Å². The molecule has 54 valence electrons. The van der Waals surface area contributed by atoms with Crippen molar-refractivity contribution in [1.29, 1.82) is 0 Å². The van der Waals surface area contributed by atoms with E-state index < -0.39 is 0 Å². The third-order valence-corrected chi connectivity index (χ3v) is 1.27. The summed E-state index contributed by atoms with van der Waals surface area (Å²) in [7, 11) is 1.83. The lowest BCUT2D eigenvalue weighted by atomic mass is 10.3. The average Bonchev–Trinajstić information content (AvgIpc) is 2.05. The fourth-order valence-corrected chi connectivity index (χ4v) is 0.720. The number of pyridine rings is 1. The maximum absolute atomic E-state index is 8.67. The predicted molar refractivity (Wildman–Crippen MR) is 39.7 cm³/mol. The molecule has 0 bridgehead atoms. The van der Waals surface area contributed by atoms with Crippen molar-refractivity contribution >= 4 is 5.69 Å². The average molecular weight is 138 g/mol. The Balaban J connectivity index is 2.87. The third-order valence-electron chi connectivity index (χ3n) is 1.27. The van der Waals surface area contributed by atoms with E-state index in [-0.39, 0.29) is 6.61 Å². The van der Waals surface area contributed by atoms with Crippen LogP contribution in [0.5, 0.6) is 0 Å². The van der Waals surface area contributed by atoms with Gasteiger partial charge in [-0.2, -0.15) is 0 Å². The molecule has 0 saturated heterocycles. The molecule has 0 aliphatic heterocycles. The highest BCUT2D eigenvalue weighted by Crippen LogP contribution is 2.05. The number of aromatic nitrogens is 1. The molecule has 0 fully saturated rings. The summed E-state index contributed by atoms with van der Waals surface area (Å²) in [6.07, 6.45) is 1.66. The van der Waals surface area contributed by atoms with E-state index in [0.717, 1.165) is 5.69 Å². The molecule has 3 nitrogen and oxygen atoms in total. The molecular weight excluding hydrogens is 128 g/mol. The molecule has 0 aliphatic rings. The Hall–Kier alpha value is -1.09. The van der Waals surface area contributed by atoms with E-state index in [9.17, 15) is 0 Å². The van der Waals surface area contributed by atoms with Gasteiger partial charge in [-0.1, -0.05) is 0 Å². The van der Waals surface area contributed by atoms with E-state index in [4.69, 9.17) is 5.11 Å². The van der Waals surface area contributed by atoms with E-state index >= 15 is 0 Å². The summed E-state index contributed by atoms with van der Waals surface area (Å²) in [5.41, 5.74) is 1.66. The van der Waals surface area contributed by atoms with E-state index in [1.54, 1.807) is 12.3 Å². The fraction of sp³-hybridized carbons (Fsp3) is 0.286. The molecule has 0 radical (unpaired) electrons. The smallest absolute Gasteiger partial charge is 0.0853 e. The number of rotatable bonds is 2. The monoisotopic (exact) mass is 138 g/mol. The van der Waals surface area contributed by atoms with Crippen LogP contribution in [0, 0.1) is 0 Å². The third kappa shape index (κ3) is 1.45. The minimum Gasteiger partial charge on any atom is -0.390 e. The largest absolute Gasteiger partial charge is 0.390 e. The molecule has 0 spiro atoms. The summed E-state index contributed by atoms with van der Waals surface area (Å²) < 4.78 is 0. The van der Waals surface area contributed by atoms with Crippen LogP contribution in [0.25, 0.3) is 0 Å². The van der Waals surface area contributed by atoms with Crippen LogP contribution in [0.2, 0.25) is 0 Å². The first kappa shape index (κ1) is 7.02. The summed E-state index contributed by atoms with van der Waals surface area (Å²) >= 11 is 0. The number of aliphatic hydroxyl groups is 1. The molecular formula is C7H10N2O. The second-order valence-electron chi connectivity index (χ2n) is 1.94. The van der Waals surface area contributed by atoms with Gasteiger partial charge in [-0.15, -0.1) is 0 Å². The molecule has 0 saturated carbocycles. The molecule has 0 amide bonds. The van der Waals surface area contributed by atoms with Gasteiger partial charge in [0.05, 0.1) is 12.3 Å². The normalized spacial score (nSPS) is 9.40. The number of hydrogen-bond acceptors (Lipinski definition) is 3. The maximum atomic E-state index is 8.67. The SMILES string of the molecule is CNc1ccnc(CO)c1. The number of nitrogens with one attached hydrogen (secondary N) is 1. The lowest BCUT2D eigenvalue weighted by Crippen LogP contribution is -1.92. The van der Waals surface area contributed by atoms with Gasteiger partial charge in [-0.05, 0) is 12.1 Å². The molecule has 0 aromatic carbocycles. The van der Waals surface area contributed by atoms with Crippen molar-refractivity contribution in [2.45, 2.75) is 6.61 Å². The molecule has 0 unspecified atom stereocenters. The molecule has 1 aromatic rings. The zero-order valence-corrected chi connectivity index (χ0v) is 5.83. The molecule has 1 heterocycles. The molecule has 1 rings (SSSR count). The van der Waals surface area contributed by atoms with Crippen LogP contribution in [0.15, 0.2) is 18.3 Å². The zero-order valence-electron chi connectivity index (χ0n) is 5.83. The van der Waals surface area contributed by atoms with Crippen LogP contribution in [0.1, 0.15) is 5.69 Å². The quantitative estimate of drug-likeness (QED) is 0.629. The Labute approximate surface area is 59.7 Å². The van der Waals surface area contributed by atoms with Gasteiger partial charge in [0.15, 0.2) is 0 Å². The van der Waals surface area contributed by atoms with Crippen LogP contribution in [-0.4, -0.2) is 17.1 Å². The number of nitrogens with zero attached hydrogens (tertiary/aromatic N) is 1. The van der Waals surface area contributed by atoms with Crippen LogP contribution in [0.4, 0.5) is 5.69 Å². The van der Waals surface area contributed by atoms with Crippen molar-refractivity contribution in [3.8, 4) is 0 Å². The fourth-order valence-electron chi connectivity index (χ4n) is 0.720. The van der Waals surface area contributed by atoms with Crippen molar-refractivity contribution in [2.24, 2.45) is 0 Å². The Bertz CT molecular complexity index is 193. The number of anilines is 1. The number of hydrogen-bond donors (Lipinski definition) is 2.